The summed E-state index contributed by atoms with van der Waals surface area (Å²) in [6, 6.07) is 0. The molecule has 0 aliphatic heterocycles. The van der Waals surface area contributed by atoms with Crippen LogP contribution in [0.5, 0.6) is 0 Å². The van der Waals surface area contributed by atoms with E-state index in [0.717, 1.165) is 12.8 Å². The first-order valence-electron chi connectivity index (χ1n) is 5.49. The average Bonchev–Trinajstić information content (AvgIpc) is 2.66. The van der Waals surface area contributed by atoms with Crippen LogP contribution in [0.1, 0.15) is 40.6 Å². The lowest BCUT2D eigenvalue weighted by molar-refractivity contribution is 0.0670. The van der Waals surface area contributed by atoms with Gasteiger partial charge in [-0.25, -0.2) is 4.79 Å². The number of aryl methyl sites for hydroxylation is 1. The number of carbonyl (C=O) groups is 2. The van der Waals surface area contributed by atoms with Gasteiger partial charge in [0.25, 0.3) is 5.91 Å². The molecule has 94 valence electrons. The molecule has 0 spiro atoms. The molecule has 17 heavy (non-hydrogen) atoms. The molecular formula is C11H17N3O3. The number of hydrogen-bond donors (Lipinski definition) is 1. The van der Waals surface area contributed by atoms with Crippen molar-refractivity contribution >= 4 is 11.9 Å². The fraction of sp³-hybridized carbons (Fsp3) is 0.545. The third kappa shape index (κ3) is 2.83. The van der Waals surface area contributed by atoms with E-state index < -0.39 is 5.97 Å². The molecule has 0 saturated heterocycles. The number of aromatic carboxylic acids is 1. The largest absolute Gasteiger partial charge is 0.477 e. The van der Waals surface area contributed by atoms with Crippen molar-refractivity contribution in [3.8, 4) is 0 Å². The summed E-state index contributed by atoms with van der Waals surface area (Å²) in [5.74, 6) is -1.44. The standard InChI is InChI=1S/C11H17N3O3/c1-4-5-6-13(2)10(15)8-7-12-14(3)9(8)11(16)17/h7H,4-6H2,1-3H3,(H,16,17). The maximum Gasteiger partial charge on any atom is 0.354 e. The van der Waals surface area contributed by atoms with Crippen LogP contribution in [-0.4, -0.2) is 45.3 Å². The van der Waals surface area contributed by atoms with Gasteiger partial charge in [0, 0.05) is 20.6 Å². The Morgan fingerprint density at radius 3 is 2.71 bits per heavy atom. The van der Waals surface area contributed by atoms with E-state index in [1.807, 2.05) is 6.92 Å². The second-order valence-corrected chi connectivity index (χ2v) is 3.92. The first kappa shape index (κ1) is 13.2. The topological polar surface area (TPSA) is 75.4 Å². The monoisotopic (exact) mass is 239 g/mol. The Morgan fingerprint density at radius 2 is 2.18 bits per heavy atom. The summed E-state index contributed by atoms with van der Waals surface area (Å²) in [5.41, 5.74) is 0.0666. The normalized spacial score (nSPS) is 10.3. The molecule has 0 bridgehead atoms. The fourth-order valence-corrected chi connectivity index (χ4v) is 1.55. The van der Waals surface area contributed by atoms with Crippen molar-refractivity contribution in [3.63, 3.8) is 0 Å². The van der Waals surface area contributed by atoms with Crippen LogP contribution in [0.25, 0.3) is 0 Å². The Balaban J connectivity index is 2.92. The molecule has 1 aromatic heterocycles. The zero-order valence-electron chi connectivity index (χ0n) is 10.3. The molecule has 6 heteroatoms. The molecule has 0 radical (unpaired) electrons. The van der Waals surface area contributed by atoms with Crippen molar-refractivity contribution in [2.45, 2.75) is 19.8 Å². The number of aromatic nitrogens is 2. The highest BCUT2D eigenvalue weighted by Gasteiger charge is 2.23. The van der Waals surface area contributed by atoms with Gasteiger partial charge in [0.2, 0.25) is 0 Å². The summed E-state index contributed by atoms with van der Waals surface area (Å²) in [4.78, 5) is 24.5. The summed E-state index contributed by atoms with van der Waals surface area (Å²) >= 11 is 0. The third-order valence-electron chi connectivity index (χ3n) is 2.57. The Kier molecular flexibility index (Phi) is 4.25. The quantitative estimate of drug-likeness (QED) is 0.831. The zero-order valence-corrected chi connectivity index (χ0v) is 10.3. The van der Waals surface area contributed by atoms with Crippen molar-refractivity contribution in [1.29, 1.82) is 0 Å². The van der Waals surface area contributed by atoms with Crippen LogP contribution in [0.4, 0.5) is 0 Å². The van der Waals surface area contributed by atoms with Gasteiger partial charge in [-0.1, -0.05) is 13.3 Å². The molecule has 0 saturated carbocycles. The molecule has 0 aromatic carbocycles. The molecule has 1 aromatic rings. The molecule has 0 aliphatic carbocycles. The Morgan fingerprint density at radius 1 is 1.53 bits per heavy atom. The van der Waals surface area contributed by atoms with Crippen LogP contribution in [0.15, 0.2) is 6.20 Å². The van der Waals surface area contributed by atoms with Crippen LogP contribution in [0, 0.1) is 0 Å². The Bertz CT molecular complexity index is 426. The Labute approximate surface area is 99.8 Å². The molecule has 1 N–H and O–H groups in total. The lowest BCUT2D eigenvalue weighted by Gasteiger charge is -2.16. The van der Waals surface area contributed by atoms with Gasteiger partial charge in [-0.05, 0) is 6.42 Å². The summed E-state index contributed by atoms with van der Waals surface area (Å²) in [6.07, 6.45) is 3.18. The van der Waals surface area contributed by atoms with E-state index in [-0.39, 0.29) is 17.2 Å². The lowest BCUT2D eigenvalue weighted by Crippen LogP contribution is -2.29. The summed E-state index contributed by atoms with van der Waals surface area (Å²) in [5, 5.41) is 12.8. The molecule has 6 nitrogen and oxygen atoms in total. The van der Waals surface area contributed by atoms with E-state index in [4.69, 9.17) is 5.11 Å². The molecule has 0 unspecified atom stereocenters. The minimum atomic E-state index is -1.14. The predicted octanol–water partition coefficient (Wildman–Crippen LogP) is 0.990. The van der Waals surface area contributed by atoms with Gasteiger partial charge in [-0.15, -0.1) is 0 Å². The van der Waals surface area contributed by atoms with E-state index in [1.54, 1.807) is 7.05 Å². The number of rotatable bonds is 5. The molecular weight excluding hydrogens is 222 g/mol. The number of carbonyl (C=O) groups excluding carboxylic acids is 1. The molecule has 0 atom stereocenters. The first-order valence-corrected chi connectivity index (χ1v) is 5.49. The maximum atomic E-state index is 12.0. The van der Waals surface area contributed by atoms with Crippen molar-refractivity contribution in [2.24, 2.45) is 7.05 Å². The molecule has 0 aliphatic rings. The maximum absolute atomic E-state index is 12.0. The highest BCUT2D eigenvalue weighted by atomic mass is 16.4. The molecule has 1 amide bonds. The van der Waals surface area contributed by atoms with Gasteiger partial charge in [-0.2, -0.15) is 5.10 Å². The van der Waals surface area contributed by atoms with Gasteiger partial charge in [0.1, 0.15) is 0 Å². The summed E-state index contributed by atoms with van der Waals surface area (Å²) in [6.45, 7) is 2.65. The van der Waals surface area contributed by atoms with E-state index in [9.17, 15) is 9.59 Å². The number of carboxylic acid groups (broad SMARTS) is 1. The Hall–Kier alpha value is -1.85. The second kappa shape index (κ2) is 5.47. The van der Waals surface area contributed by atoms with E-state index in [0.29, 0.717) is 6.54 Å². The van der Waals surface area contributed by atoms with Crippen LogP contribution >= 0.6 is 0 Å². The summed E-state index contributed by atoms with van der Waals surface area (Å²) in [7, 11) is 3.17. The van der Waals surface area contributed by atoms with Crippen LogP contribution in [-0.2, 0) is 7.05 Å². The van der Waals surface area contributed by atoms with Crippen molar-refractivity contribution in [1.82, 2.24) is 14.7 Å². The average molecular weight is 239 g/mol. The number of amides is 1. The highest BCUT2D eigenvalue weighted by molar-refractivity contribution is 6.03. The van der Waals surface area contributed by atoms with Crippen LogP contribution in [0.2, 0.25) is 0 Å². The number of nitrogens with zero attached hydrogens (tertiary/aromatic N) is 3. The minimum absolute atomic E-state index is 0.0710. The SMILES string of the molecule is CCCCN(C)C(=O)c1cnn(C)c1C(=O)O. The number of carboxylic acids is 1. The highest BCUT2D eigenvalue weighted by Crippen LogP contribution is 2.10. The van der Waals surface area contributed by atoms with Gasteiger partial charge in [-0.3, -0.25) is 9.48 Å². The van der Waals surface area contributed by atoms with E-state index in [2.05, 4.69) is 5.10 Å². The van der Waals surface area contributed by atoms with Crippen molar-refractivity contribution < 1.29 is 14.7 Å². The summed E-state index contributed by atoms with van der Waals surface area (Å²) < 4.78 is 1.20. The minimum Gasteiger partial charge on any atom is -0.477 e. The first-order chi connectivity index (χ1) is 7.99. The van der Waals surface area contributed by atoms with E-state index in [1.165, 1.54) is 22.8 Å². The second-order valence-electron chi connectivity index (χ2n) is 3.92. The lowest BCUT2D eigenvalue weighted by atomic mass is 10.2. The zero-order chi connectivity index (χ0) is 13.0. The van der Waals surface area contributed by atoms with E-state index >= 15 is 0 Å². The van der Waals surface area contributed by atoms with Crippen LogP contribution < -0.4 is 0 Å². The molecule has 1 rings (SSSR count). The van der Waals surface area contributed by atoms with Gasteiger partial charge in [0.15, 0.2) is 5.69 Å². The van der Waals surface area contributed by atoms with Crippen molar-refractivity contribution in [2.75, 3.05) is 13.6 Å². The fourth-order valence-electron chi connectivity index (χ4n) is 1.55. The van der Waals surface area contributed by atoms with Crippen LogP contribution in [0.3, 0.4) is 0 Å². The van der Waals surface area contributed by atoms with Gasteiger partial charge < -0.3 is 10.0 Å². The predicted molar refractivity (Wildman–Crippen MR) is 62.0 cm³/mol. The van der Waals surface area contributed by atoms with Gasteiger partial charge >= 0.3 is 5.97 Å². The number of hydrogen-bond acceptors (Lipinski definition) is 3. The number of unbranched alkanes of at least 4 members (excludes halogenated alkanes) is 1. The molecule has 0 fully saturated rings. The molecule has 1 heterocycles. The third-order valence-corrected chi connectivity index (χ3v) is 2.57. The van der Waals surface area contributed by atoms with Gasteiger partial charge in [0.05, 0.1) is 11.8 Å². The smallest absolute Gasteiger partial charge is 0.354 e. The van der Waals surface area contributed by atoms with Crippen molar-refractivity contribution in [3.05, 3.63) is 17.5 Å².